The van der Waals surface area contributed by atoms with E-state index in [0.717, 1.165) is 10.8 Å². The number of benzene rings is 2. The number of amides is 2. The first kappa shape index (κ1) is 17.8. The van der Waals surface area contributed by atoms with E-state index in [1.165, 1.54) is 11.8 Å². The summed E-state index contributed by atoms with van der Waals surface area (Å²) >= 11 is 1.53. The summed E-state index contributed by atoms with van der Waals surface area (Å²) in [4.78, 5) is 28.6. The predicted octanol–water partition coefficient (Wildman–Crippen LogP) is 3.21. The quantitative estimate of drug-likeness (QED) is 0.680. The first-order valence-electron chi connectivity index (χ1n) is 7.93. The summed E-state index contributed by atoms with van der Waals surface area (Å²) in [6.07, 6.45) is 5.54. The third-order valence-electron chi connectivity index (χ3n) is 3.79. The van der Waals surface area contributed by atoms with Gasteiger partial charge in [0.25, 0.3) is 11.8 Å². The highest BCUT2D eigenvalue weighted by Crippen LogP contribution is 2.20. The minimum Gasteiger partial charge on any atom is -0.355 e. The maximum atomic E-state index is 12.6. The number of carbonyl (C=O) groups excluding carboxylic acids is 2. The lowest BCUT2D eigenvalue weighted by molar-refractivity contribution is 0.0961. The smallest absolute Gasteiger partial charge is 0.255 e. The molecule has 0 aliphatic carbocycles. The monoisotopic (exact) mass is 366 g/mol. The number of rotatable bonds is 5. The Hall–Kier alpha value is -3.06. The highest BCUT2D eigenvalue weighted by atomic mass is 32.2. The average molecular weight is 366 g/mol. The summed E-state index contributed by atoms with van der Waals surface area (Å²) in [5.74, 6) is -0.445. The number of carbonyl (C=O) groups is 2. The van der Waals surface area contributed by atoms with Crippen LogP contribution >= 0.6 is 11.8 Å². The standard InChI is InChI=1S/C19H18N4O2S/c1-20-17(24)13-5-3-7-15(11-13)22-18(25)14-6-4-8-16(12-14)23-10-9-21-19(23)26-2/h3-12H,1-2H3,(H,20,24)(H,22,25). The maximum Gasteiger partial charge on any atom is 0.255 e. The molecule has 0 saturated carbocycles. The highest BCUT2D eigenvalue weighted by Gasteiger charge is 2.11. The molecule has 0 fully saturated rings. The van der Waals surface area contributed by atoms with Gasteiger partial charge in [0, 0.05) is 41.9 Å². The van der Waals surface area contributed by atoms with Crippen LogP contribution in [0.4, 0.5) is 5.69 Å². The van der Waals surface area contributed by atoms with Crippen molar-refractivity contribution in [2.45, 2.75) is 5.16 Å². The molecule has 1 aromatic heterocycles. The van der Waals surface area contributed by atoms with E-state index in [4.69, 9.17) is 0 Å². The summed E-state index contributed by atoms with van der Waals surface area (Å²) in [7, 11) is 1.57. The summed E-state index contributed by atoms with van der Waals surface area (Å²) in [6.45, 7) is 0. The lowest BCUT2D eigenvalue weighted by Gasteiger charge is -2.10. The summed E-state index contributed by atoms with van der Waals surface area (Å²) in [6, 6.07) is 14.1. The van der Waals surface area contributed by atoms with Crippen molar-refractivity contribution in [2.75, 3.05) is 18.6 Å². The van der Waals surface area contributed by atoms with Crippen LogP contribution in [0.3, 0.4) is 0 Å². The van der Waals surface area contributed by atoms with Crippen molar-refractivity contribution < 1.29 is 9.59 Å². The number of nitrogens with zero attached hydrogens (tertiary/aromatic N) is 2. The maximum absolute atomic E-state index is 12.6. The number of hydrogen-bond acceptors (Lipinski definition) is 4. The van der Waals surface area contributed by atoms with Gasteiger partial charge in [-0.3, -0.25) is 14.2 Å². The van der Waals surface area contributed by atoms with Crippen molar-refractivity contribution in [1.29, 1.82) is 0 Å². The Labute approximate surface area is 155 Å². The van der Waals surface area contributed by atoms with E-state index < -0.39 is 0 Å². The van der Waals surface area contributed by atoms with Crippen molar-refractivity contribution in [3.05, 3.63) is 72.1 Å². The number of aromatic nitrogens is 2. The topological polar surface area (TPSA) is 76.0 Å². The molecule has 132 valence electrons. The molecule has 0 aliphatic heterocycles. The first-order valence-corrected chi connectivity index (χ1v) is 9.16. The van der Waals surface area contributed by atoms with Gasteiger partial charge in [0.1, 0.15) is 0 Å². The number of imidazole rings is 1. The Morgan fingerprint density at radius 2 is 1.77 bits per heavy atom. The summed E-state index contributed by atoms with van der Waals surface area (Å²) in [5.41, 5.74) is 2.43. The van der Waals surface area contributed by atoms with E-state index in [-0.39, 0.29) is 11.8 Å². The van der Waals surface area contributed by atoms with Crippen molar-refractivity contribution >= 4 is 29.3 Å². The molecule has 3 aromatic rings. The molecule has 6 nitrogen and oxygen atoms in total. The van der Waals surface area contributed by atoms with E-state index in [9.17, 15) is 9.59 Å². The molecule has 2 N–H and O–H groups in total. The number of thioether (sulfide) groups is 1. The zero-order chi connectivity index (χ0) is 18.5. The molecule has 1 heterocycles. The van der Waals surface area contributed by atoms with Gasteiger partial charge in [0.05, 0.1) is 0 Å². The highest BCUT2D eigenvalue weighted by molar-refractivity contribution is 7.98. The van der Waals surface area contributed by atoms with E-state index in [0.29, 0.717) is 16.8 Å². The minimum atomic E-state index is -0.244. The Kier molecular flexibility index (Phi) is 5.38. The van der Waals surface area contributed by atoms with E-state index >= 15 is 0 Å². The van der Waals surface area contributed by atoms with Gasteiger partial charge in [-0.05, 0) is 42.7 Å². The van der Waals surface area contributed by atoms with Gasteiger partial charge < -0.3 is 10.6 Å². The fraction of sp³-hybridized carbons (Fsp3) is 0.105. The van der Waals surface area contributed by atoms with Crippen molar-refractivity contribution in [3.8, 4) is 5.69 Å². The van der Waals surface area contributed by atoms with Crippen LogP contribution in [0.1, 0.15) is 20.7 Å². The fourth-order valence-corrected chi connectivity index (χ4v) is 3.05. The minimum absolute atomic E-state index is 0.201. The molecule has 0 radical (unpaired) electrons. The van der Waals surface area contributed by atoms with Gasteiger partial charge in [0.2, 0.25) is 0 Å². The van der Waals surface area contributed by atoms with Gasteiger partial charge in [-0.15, -0.1) is 0 Å². The van der Waals surface area contributed by atoms with Gasteiger partial charge >= 0.3 is 0 Å². The van der Waals surface area contributed by atoms with Crippen LogP contribution in [-0.4, -0.2) is 34.7 Å². The van der Waals surface area contributed by atoms with Gasteiger partial charge in [0.15, 0.2) is 5.16 Å². The number of nitrogens with one attached hydrogen (secondary N) is 2. The average Bonchev–Trinajstić information content (AvgIpc) is 3.16. The van der Waals surface area contributed by atoms with Crippen LogP contribution in [0, 0.1) is 0 Å². The molecule has 0 bridgehead atoms. The Bertz CT molecular complexity index is 952. The molecular weight excluding hydrogens is 348 g/mol. The normalized spacial score (nSPS) is 10.4. The van der Waals surface area contributed by atoms with Gasteiger partial charge in [-0.2, -0.15) is 0 Å². The second kappa shape index (κ2) is 7.88. The van der Waals surface area contributed by atoms with E-state index in [2.05, 4.69) is 15.6 Å². The van der Waals surface area contributed by atoms with Gasteiger partial charge in [-0.1, -0.05) is 23.9 Å². The fourth-order valence-electron chi connectivity index (χ4n) is 2.52. The Balaban J connectivity index is 1.83. The molecule has 0 saturated heterocycles. The molecular formula is C19H18N4O2S. The molecule has 0 aliphatic rings. The molecule has 26 heavy (non-hydrogen) atoms. The SMILES string of the molecule is CNC(=O)c1cccc(NC(=O)c2cccc(-n3ccnc3SC)c2)c1. The van der Waals surface area contributed by atoms with Crippen LogP contribution in [-0.2, 0) is 0 Å². The second-order valence-corrected chi connectivity index (χ2v) is 6.22. The zero-order valence-corrected chi connectivity index (χ0v) is 15.2. The summed E-state index contributed by atoms with van der Waals surface area (Å²) < 4.78 is 1.92. The predicted molar refractivity (Wildman–Crippen MR) is 103 cm³/mol. The van der Waals surface area contributed by atoms with Crippen LogP contribution in [0.25, 0.3) is 5.69 Å². The summed E-state index contributed by atoms with van der Waals surface area (Å²) in [5, 5.41) is 6.24. The van der Waals surface area contributed by atoms with Crippen LogP contribution < -0.4 is 10.6 Å². The van der Waals surface area contributed by atoms with E-state index in [1.807, 2.05) is 29.2 Å². The van der Waals surface area contributed by atoms with Crippen molar-refractivity contribution in [3.63, 3.8) is 0 Å². The van der Waals surface area contributed by atoms with Gasteiger partial charge in [-0.25, -0.2) is 4.98 Å². The third-order valence-corrected chi connectivity index (χ3v) is 4.45. The second-order valence-electron chi connectivity index (χ2n) is 5.45. The molecule has 0 spiro atoms. The van der Waals surface area contributed by atoms with E-state index in [1.54, 1.807) is 49.6 Å². The van der Waals surface area contributed by atoms with Crippen LogP contribution in [0.2, 0.25) is 0 Å². The first-order chi connectivity index (χ1) is 12.6. The Morgan fingerprint density at radius 3 is 2.50 bits per heavy atom. The molecule has 7 heteroatoms. The zero-order valence-electron chi connectivity index (χ0n) is 14.4. The molecule has 0 atom stereocenters. The molecule has 0 unspecified atom stereocenters. The Morgan fingerprint density at radius 1 is 1.04 bits per heavy atom. The third kappa shape index (κ3) is 3.78. The van der Waals surface area contributed by atoms with Crippen LogP contribution in [0.5, 0.6) is 0 Å². The van der Waals surface area contributed by atoms with Crippen LogP contribution in [0.15, 0.2) is 66.1 Å². The number of hydrogen-bond donors (Lipinski definition) is 2. The molecule has 2 amide bonds. The molecule has 2 aromatic carbocycles. The van der Waals surface area contributed by atoms with Crippen molar-refractivity contribution in [2.24, 2.45) is 0 Å². The largest absolute Gasteiger partial charge is 0.355 e. The molecule has 3 rings (SSSR count). The van der Waals surface area contributed by atoms with Crippen molar-refractivity contribution in [1.82, 2.24) is 14.9 Å². The number of anilines is 1. The lowest BCUT2D eigenvalue weighted by Crippen LogP contribution is -2.18. The lowest BCUT2D eigenvalue weighted by atomic mass is 10.1.